The van der Waals surface area contributed by atoms with Crippen molar-refractivity contribution in [1.82, 2.24) is 0 Å². The molecule has 3 heteroatoms. The van der Waals surface area contributed by atoms with E-state index in [1.54, 1.807) is 25.1 Å². The molecule has 0 aliphatic rings. The van der Waals surface area contributed by atoms with Crippen LogP contribution >= 0.6 is 0 Å². The molecular formula is C11H14FNO. The Balaban J connectivity index is 2.98. The smallest absolute Gasteiger partial charge is 0.165 e. The zero-order valence-corrected chi connectivity index (χ0v) is 8.16. The van der Waals surface area contributed by atoms with Gasteiger partial charge in [0.25, 0.3) is 0 Å². The molecule has 0 aliphatic carbocycles. The largest absolute Gasteiger partial charge is 0.483 e. The van der Waals surface area contributed by atoms with Gasteiger partial charge < -0.3 is 10.5 Å². The summed E-state index contributed by atoms with van der Waals surface area (Å²) in [5, 5.41) is 0. The van der Waals surface area contributed by atoms with Gasteiger partial charge in [0, 0.05) is 12.1 Å². The molecule has 76 valence electrons. The van der Waals surface area contributed by atoms with E-state index >= 15 is 0 Å². The SMILES string of the molecule is C=CC(C)Oc1c(F)cccc1CN. The van der Waals surface area contributed by atoms with Gasteiger partial charge in [0.15, 0.2) is 11.6 Å². The zero-order chi connectivity index (χ0) is 10.6. The molecule has 0 spiro atoms. The van der Waals surface area contributed by atoms with Crippen molar-refractivity contribution in [1.29, 1.82) is 0 Å². The zero-order valence-electron chi connectivity index (χ0n) is 8.16. The standard InChI is InChI=1S/C11H14FNO/c1-3-8(2)14-11-9(7-13)5-4-6-10(11)12/h3-6,8H,1,7,13H2,2H3. The average Bonchev–Trinajstić information content (AvgIpc) is 2.20. The molecule has 0 bridgehead atoms. The summed E-state index contributed by atoms with van der Waals surface area (Å²) in [6, 6.07) is 4.71. The molecule has 2 N–H and O–H groups in total. The Morgan fingerprint density at radius 2 is 2.36 bits per heavy atom. The summed E-state index contributed by atoms with van der Waals surface area (Å²) < 4.78 is 18.7. The van der Waals surface area contributed by atoms with Gasteiger partial charge in [0.05, 0.1) is 0 Å². The molecule has 0 fully saturated rings. The van der Waals surface area contributed by atoms with Gasteiger partial charge in [0.1, 0.15) is 6.10 Å². The van der Waals surface area contributed by atoms with E-state index < -0.39 is 0 Å². The summed E-state index contributed by atoms with van der Waals surface area (Å²) >= 11 is 0. The molecule has 14 heavy (non-hydrogen) atoms. The minimum atomic E-state index is -0.387. The maximum absolute atomic E-state index is 13.3. The van der Waals surface area contributed by atoms with Crippen molar-refractivity contribution in [3.8, 4) is 5.75 Å². The van der Waals surface area contributed by atoms with Crippen molar-refractivity contribution in [2.24, 2.45) is 5.73 Å². The molecule has 1 aromatic carbocycles. The number of ether oxygens (including phenoxy) is 1. The number of hydrogen-bond acceptors (Lipinski definition) is 2. The fourth-order valence-corrected chi connectivity index (χ4v) is 1.08. The molecule has 0 aliphatic heterocycles. The molecule has 0 saturated heterocycles. The minimum absolute atomic E-state index is 0.224. The van der Waals surface area contributed by atoms with Crippen LogP contribution in [0.2, 0.25) is 0 Å². The second kappa shape index (κ2) is 4.77. The first kappa shape index (κ1) is 10.7. The Bertz CT molecular complexity index is 325. The summed E-state index contributed by atoms with van der Waals surface area (Å²) in [6.45, 7) is 5.62. The number of nitrogens with two attached hydrogens (primary N) is 1. The molecule has 0 radical (unpaired) electrons. The first-order valence-corrected chi connectivity index (χ1v) is 4.45. The van der Waals surface area contributed by atoms with Crippen LogP contribution in [-0.2, 0) is 6.54 Å². The summed E-state index contributed by atoms with van der Waals surface area (Å²) in [5.74, 6) is -0.163. The summed E-state index contributed by atoms with van der Waals surface area (Å²) in [5.41, 5.74) is 6.13. The molecular weight excluding hydrogens is 181 g/mol. The van der Waals surface area contributed by atoms with E-state index in [2.05, 4.69) is 6.58 Å². The normalized spacial score (nSPS) is 12.2. The lowest BCUT2D eigenvalue weighted by molar-refractivity contribution is 0.254. The molecule has 2 nitrogen and oxygen atoms in total. The van der Waals surface area contributed by atoms with Gasteiger partial charge in [-0.3, -0.25) is 0 Å². The van der Waals surface area contributed by atoms with E-state index in [0.29, 0.717) is 5.56 Å². The number of hydrogen-bond donors (Lipinski definition) is 1. The average molecular weight is 195 g/mol. The highest BCUT2D eigenvalue weighted by atomic mass is 19.1. The lowest BCUT2D eigenvalue weighted by Crippen LogP contribution is -2.11. The molecule has 1 rings (SSSR count). The lowest BCUT2D eigenvalue weighted by atomic mass is 10.2. The third kappa shape index (κ3) is 2.33. The van der Waals surface area contributed by atoms with Crippen LogP contribution in [0.1, 0.15) is 12.5 Å². The third-order valence-corrected chi connectivity index (χ3v) is 1.90. The van der Waals surface area contributed by atoms with Gasteiger partial charge in [-0.25, -0.2) is 4.39 Å². The Hall–Kier alpha value is -1.35. The molecule has 1 atom stereocenters. The monoisotopic (exact) mass is 195 g/mol. The van der Waals surface area contributed by atoms with Crippen molar-refractivity contribution < 1.29 is 9.13 Å². The summed E-state index contributed by atoms with van der Waals surface area (Å²) in [7, 11) is 0. The van der Waals surface area contributed by atoms with Crippen molar-refractivity contribution in [2.45, 2.75) is 19.6 Å². The van der Waals surface area contributed by atoms with Crippen LogP contribution in [0.5, 0.6) is 5.75 Å². The van der Waals surface area contributed by atoms with E-state index in [4.69, 9.17) is 10.5 Å². The Kier molecular flexibility index (Phi) is 3.65. The van der Waals surface area contributed by atoms with Gasteiger partial charge in [0.2, 0.25) is 0 Å². The Morgan fingerprint density at radius 1 is 1.64 bits per heavy atom. The van der Waals surface area contributed by atoms with E-state index in [9.17, 15) is 4.39 Å². The van der Waals surface area contributed by atoms with Gasteiger partial charge in [-0.15, -0.1) is 0 Å². The van der Waals surface area contributed by atoms with E-state index in [1.165, 1.54) is 6.07 Å². The van der Waals surface area contributed by atoms with Crippen LogP contribution < -0.4 is 10.5 Å². The topological polar surface area (TPSA) is 35.2 Å². The van der Waals surface area contributed by atoms with Gasteiger partial charge >= 0.3 is 0 Å². The summed E-state index contributed by atoms with van der Waals surface area (Å²) in [4.78, 5) is 0. The molecule has 0 aromatic heterocycles. The highest BCUT2D eigenvalue weighted by Crippen LogP contribution is 2.23. The predicted octanol–water partition coefficient (Wildman–Crippen LogP) is 2.24. The maximum Gasteiger partial charge on any atom is 0.165 e. The van der Waals surface area contributed by atoms with Crippen LogP contribution in [0.25, 0.3) is 0 Å². The first-order chi connectivity index (χ1) is 6.69. The number of halogens is 1. The van der Waals surface area contributed by atoms with Crippen LogP contribution in [0.15, 0.2) is 30.9 Å². The fourth-order valence-electron chi connectivity index (χ4n) is 1.08. The second-order valence-corrected chi connectivity index (χ2v) is 2.99. The number of rotatable bonds is 4. The highest BCUT2D eigenvalue weighted by molar-refractivity contribution is 5.35. The molecule has 0 amide bonds. The molecule has 0 heterocycles. The summed E-state index contributed by atoms with van der Waals surface area (Å²) in [6.07, 6.45) is 1.38. The van der Waals surface area contributed by atoms with E-state index in [0.717, 1.165) is 0 Å². The van der Waals surface area contributed by atoms with Gasteiger partial charge in [-0.1, -0.05) is 24.8 Å². The fraction of sp³-hybridized carbons (Fsp3) is 0.273. The van der Waals surface area contributed by atoms with Crippen molar-refractivity contribution in [3.63, 3.8) is 0 Å². The maximum atomic E-state index is 13.3. The molecule has 1 unspecified atom stereocenters. The molecule has 0 saturated carbocycles. The number of para-hydroxylation sites is 1. The van der Waals surface area contributed by atoms with Crippen molar-refractivity contribution in [3.05, 3.63) is 42.2 Å². The van der Waals surface area contributed by atoms with Crippen LogP contribution in [0.3, 0.4) is 0 Å². The van der Waals surface area contributed by atoms with Gasteiger partial charge in [-0.2, -0.15) is 0 Å². The Morgan fingerprint density at radius 3 is 2.93 bits per heavy atom. The van der Waals surface area contributed by atoms with E-state index in [-0.39, 0.29) is 24.2 Å². The van der Waals surface area contributed by atoms with E-state index in [1.807, 2.05) is 0 Å². The minimum Gasteiger partial charge on any atom is -0.483 e. The van der Waals surface area contributed by atoms with Crippen LogP contribution in [-0.4, -0.2) is 6.10 Å². The quantitative estimate of drug-likeness (QED) is 0.748. The Labute approximate surface area is 83.2 Å². The van der Waals surface area contributed by atoms with Gasteiger partial charge in [-0.05, 0) is 13.0 Å². The van der Waals surface area contributed by atoms with Crippen molar-refractivity contribution in [2.75, 3.05) is 0 Å². The second-order valence-electron chi connectivity index (χ2n) is 2.99. The predicted molar refractivity (Wildman–Crippen MR) is 54.6 cm³/mol. The highest BCUT2D eigenvalue weighted by Gasteiger charge is 2.10. The molecule has 1 aromatic rings. The van der Waals surface area contributed by atoms with Crippen molar-refractivity contribution >= 4 is 0 Å². The van der Waals surface area contributed by atoms with Crippen LogP contribution in [0, 0.1) is 5.82 Å². The lowest BCUT2D eigenvalue weighted by Gasteiger charge is -2.14. The first-order valence-electron chi connectivity index (χ1n) is 4.45. The number of benzene rings is 1. The third-order valence-electron chi connectivity index (χ3n) is 1.90. The van der Waals surface area contributed by atoms with Crippen LogP contribution in [0.4, 0.5) is 4.39 Å².